The van der Waals surface area contributed by atoms with Gasteiger partial charge in [0.2, 0.25) is 0 Å². The third-order valence-electron chi connectivity index (χ3n) is 3.01. The quantitative estimate of drug-likeness (QED) is 0.798. The van der Waals surface area contributed by atoms with Crippen LogP contribution < -0.4 is 19.5 Å². The van der Waals surface area contributed by atoms with Crippen molar-refractivity contribution >= 4 is 11.6 Å². The Morgan fingerprint density at radius 3 is 2.04 bits per heavy atom. The molecule has 0 fully saturated rings. The molecule has 0 radical (unpaired) electrons. The van der Waals surface area contributed by atoms with Crippen molar-refractivity contribution in [2.24, 2.45) is 0 Å². The van der Waals surface area contributed by atoms with Gasteiger partial charge >= 0.3 is 0 Å². The monoisotopic (exact) mass is 329 g/mol. The lowest BCUT2D eigenvalue weighted by Crippen LogP contribution is -2.20. The van der Waals surface area contributed by atoms with Crippen LogP contribution in [0.2, 0.25) is 0 Å². The number of carbonyl (C=O) groups excluding carboxylic acids is 1. The molecular weight excluding hydrogens is 306 g/mol. The fraction of sp³-hybridized carbons (Fsp3) is 0.316. The van der Waals surface area contributed by atoms with E-state index in [1.165, 1.54) is 0 Å². The van der Waals surface area contributed by atoms with Crippen molar-refractivity contribution in [3.8, 4) is 17.2 Å². The molecule has 0 aliphatic heterocycles. The van der Waals surface area contributed by atoms with Gasteiger partial charge in [-0.2, -0.15) is 0 Å². The summed E-state index contributed by atoms with van der Waals surface area (Å²) in [6.07, 6.45) is 0.122. The molecule has 0 saturated carbocycles. The number of hydrogen-bond acceptors (Lipinski definition) is 4. The molecule has 0 aliphatic rings. The average Bonchev–Trinajstić information content (AvgIpc) is 2.56. The highest BCUT2D eigenvalue weighted by molar-refractivity contribution is 5.91. The maximum absolute atomic E-state index is 11.9. The molecule has 0 bridgehead atoms. The molecule has 0 aromatic heterocycles. The van der Waals surface area contributed by atoms with Gasteiger partial charge in [0.25, 0.3) is 5.91 Å². The molecule has 0 spiro atoms. The molecule has 0 saturated heterocycles. The molecule has 5 nitrogen and oxygen atoms in total. The van der Waals surface area contributed by atoms with Crippen LogP contribution in [0.1, 0.15) is 20.8 Å². The summed E-state index contributed by atoms with van der Waals surface area (Å²) in [5, 5.41) is 2.77. The first-order chi connectivity index (χ1) is 11.6. The largest absolute Gasteiger partial charge is 0.494 e. The second-order valence-electron chi connectivity index (χ2n) is 5.43. The van der Waals surface area contributed by atoms with E-state index in [1.54, 1.807) is 24.3 Å². The fourth-order valence-electron chi connectivity index (χ4n) is 2.03. The van der Waals surface area contributed by atoms with E-state index in [1.807, 2.05) is 45.0 Å². The highest BCUT2D eigenvalue weighted by Crippen LogP contribution is 2.19. The maximum atomic E-state index is 11.9. The Kier molecular flexibility index (Phi) is 6.49. The zero-order chi connectivity index (χ0) is 17.4. The lowest BCUT2D eigenvalue weighted by atomic mass is 10.3. The van der Waals surface area contributed by atoms with E-state index in [2.05, 4.69) is 5.32 Å². The van der Waals surface area contributed by atoms with Gasteiger partial charge in [0.05, 0.1) is 12.7 Å². The van der Waals surface area contributed by atoms with Crippen molar-refractivity contribution in [3.63, 3.8) is 0 Å². The van der Waals surface area contributed by atoms with Crippen LogP contribution in [0.15, 0.2) is 48.5 Å². The van der Waals surface area contributed by atoms with Crippen molar-refractivity contribution in [1.82, 2.24) is 0 Å². The fourth-order valence-corrected chi connectivity index (χ4v) is 2.03. The Hall–Kier alpha value is -2.69. The third kappa shape index (κ3) is 5.83. The van der Waals surface area contributed by atoms with Gasteiger partial charge in [-0.15, -0.1) is 0 Å². The molecule has 1 N–H and O–H groups in total. The SMILES string of the molecule is CCOc1ccc(NC(=O)COc2ccc(OC(C)C)cc2)cc1. The Morgan fingerprint density at radius 1 is 0.917 bits per heavy atom. The number of rotatable bonds is 8. The summed E-state index contributed by atoms with van der Waals surface area (Å²) in [6, 6.07) is 14.4. The van der Waals surface area contributed by atoms with Crippen LogP contribution in [0.5, 0.6) is 17.2 Å². The standard InChI is InChI=1S/C19H23NO4/c1-4-22-16-7-5-15(6-8-16)20-19(21)13-23-17-9-11-18(12-10-17)24-14(2)3/h5-12,14H,4,13H2,1-3H3,(H,20,21). The van der Waals surface area contributed by atoms with E-state index in [4.69, 9.17) is 14.2 Å². The summed E-state index contributed by atoms with van der Waals surface area (Å²) in [5.41, 5.74) is 0.702. The van der Waals surface area contributed by atoms with Gasteiger partial charge in [-0.05, 0) is 69.3 Å². The first kappa shape index (κ1) is 17.7. The van der Waals surface area contributed by atoms with Gasteiger partial charge in [-0.1, -0.05) is 0 Å². The normalized spacial score (nSPS) is 10.3. The molecule has 128 valence electrons. The van der Waals surface area contributed by atoms with Crippen LogP contribution in [-0.4, -0.2) is 25.2 Å². The van der Waals surface area contributed by atoms with E-state index in [0.717, 1.165) is 11.5 Å². The van der Waals surface area contributed by atoms with Crippen molar-refractivity contribution in [2.75, 3.05) is 18.5 Å². The molecule has 2 rings (SSSR count). The Bertz CT molecular complexity index is 635. The van der Waals surface area contributed by atoms with Gasteiger partial charge in [0.15, 0.2) is 6.61 Å². The first-order valence-corrected chi connectivity index (χ1v) is 7.99. The number of ether oxygens (including phenoxy) is 3. The molecule has 0 aliphatic carbocycles. The van der Waals surface area contributed by atoms with Crippen molar-refractivity contribution < 1.29 is 19.0 Å². The minimum atomic E-state index is -0.221. The van der Waals surface area contributed by atoms with E-state index in [9.17, 15) is 4.79 Å². The molecule has 0 heterocycles. The predicted octanol–water partition coefficient (Wildman–Crippen LogP) is 3.89. The minimum absolute atomic E-state index is 0.0579. The number of nitrogens with one attached hydrogen (secondary N) is 1. The Balaban J connectivity index is 1.80. The molecule has 0 atom stereocenters. The van der Waals surface area contributed by atoms with E-state index >= 15 is 0 Å². The van der Waals surface area contributed by atoms with E-state index in [0.29, 0.717) is 18.0 Å². The van der Waals surface area contributed by atoms with Crippen LogP contribution in [0.3, 0.4) is 0 Å². The number of benzene rings is 2. The van der Waals surface area contributed by atoms with Gasteiger partial charge in [-0.3, -0.25) is 4.79 Å². The molecule has 1 amide bonds. The lowest BCUT2D eigenvalue weighted by molar-refractivity contribution is -0.118. The summed E-state index contributed by atoms with van der Waals surface area (Å²) in [4.78, 5) is 11.9. The Morgan fingerprint density at radius 2 is 1.46 bits per heavy atom. The van der Waals surface area contributed by atoms with Crippen LogP contribution in [-0.2, 0) is 4.79 Å². The highest BCUT2D eigenvalue weighted by Gasteiger charge is 2.05. The van der Waals surface area contributed by atoms with Crippen molar-refractivity contribution in [2.45, 2.75) is 26.9 Å². The molecule has 0 unspecified atom stereocenters. The van der Waals surface area contributed by atoms with E-state index < -0.39 is 0 Å². The second kappa shape index (κ2) is 8.82. The molecule has 5 heteroatoms. The smallest absolute Gasteiger partial charge is 0.262 e. The van der Waals surface area contributed by atoms with Gasteiger partial charge in [-0.25, -0.2) is 0 Å². The summed E-state index contributed by atoms with van der Waals surface area (Å²) in [6.45, 7) is 6.41. The summed E-state index contributed by atoms with van der Waals surface area (Å²) < 4.78 is 16.4. The highest BCUT2D eigenvalue weighted by atomic mass is 16.5. The van der Waals surface area contributed by atoms with Crippen LogP contribution >= 0.6 is 0 Å². The topological polar surface area (TPSA) is 56.8 Å². The van der Waals surface area contributed by atoms with Crippen molar-refractivity contribution in [1.29, 1.82) is 0 Å². The summed E-state index contributed by atoms with van der Waals surface area (Å²) >= 11 is 0. The Labute approximate surface area is 142 Å². The number of carbonyl (C=O) groups is 1. The molecule has 24 heavy (non-hydrogen) atoms. The summed E-state index contributed by atoms with van der Waals surface area (Å²) in [5.74, 6) is 1.95. The lowest BCUT2D eigenvalue weighted by Gasteiger charge is -2.11. The molecular formula is C19H23NO4. The maximum Gasteiger partial charge on any atom is 0.262 e. The first-order valence-electron chi connectivity index (χ1n) is 7.99. The zero-order valence-electron chi connectivity index (χ0n) is 14.2. The summed E-state index contributed by atoms with van der Waals surface area (Å²) in [7, 11) is 0. The molecule has 2 aromatic rings. The third-order valence-corrected chi connectivity index (χ3v) is 3.01. The number of anilines is 1. The van der Waals surface area contributed by atoms with Gasteiger partial charge in [0.1, 0.15) is 17.2 Å². The average molecular weight is 329 g/mol. The second-order valence-corrected chi connectivity index (χ2v) is 5.43. The molecule has 2 aromatic carbocycles. The number of amides is 1. The van der Waals surface area contributed by atoms with Crippen LogP contribution in [0, 0.1) is 0 Å². The predicted molar refractivity (Wildman–Crippen MR) is 93.9 cm³/mol. The van der Waals surface area contributed by atoms with Crippen LogP contribution in [0.25, 0.3) is 0 Å². The van der Waals surface area contributed by atoms with Gasteiger partial charge in [0, 0.05) is 5.69 Å². The van der Waals surface area contributed by atoms with Crippen molar-refractivity contribution in [3.05, 3.63) is 48.5 Å². The zero-order valence-corrected chi connectivity index (χ0v) is 14.2. The minimum Gasteiger partial charge on any atom is -0.494 e. The number of hydrogen-bond donors (Lipinski definition) is 1. The van der Waals surface area contributed by atoms with Crippen LogP contribution in [0.4, 0.5) is 5.69 Å². The van der Waals surface area contributed by atoms with E-state index in [-0.39, 0.29) is 18.6 Å². The van der Waals surface area contributed by atoms with Gasteiger partial charge < -0.3 is 19.5 Å².